The van der Waals surface area contributed by atoms with E-state index in [4.69, 9.17) is 0 Å². The number of hydrogen-bond donors (Lipinski definition) is 1. The number of rotatable bonds is 4. The number of carbonyl (C=O) groups excluding carboxylic acids is 1. The van der Waals surface area contributed by atoms with Gasteiger partial charge in [-0.1, -0.05) is 60.7 Å². The monoisotopic (exact) mass is 439 g/mol. The second-order valence-electron chi connectivity index (χ2n) is 9.75. The number of nitrogens with one attached hydrogen (secondary N) is 1. The molecule has 4 bridgehead atoms. The SMILES string of the molecule is Cc1ncc(C(=O)N[C@H]2C3CN4CCN(C3)CC2(c2ccccc2)C4)c(-c2ccccc2)n1. The zero-order valence-corrected chi connectivity index (χ0v) is 18.9. The van der Waals surface area contributed by atoms with Gasteiger partial charge in [-0.25, -0.2) is 9.97 Å². The Bertz CT molecular complexity index is 1150. The molecule has 0 aliphatic carbocycles. The van der Waals surface area contributed by atoms with Gasteiger partial charge in [0.25, 0.3) is 5.91 Å². The molecule has 2 unspecified atom stereocenters. The van der Waals surface area contributed by atoms with E-state index < -0.39 is 0 Å². The second kappa shape index (κ2) is 8.04. The lowest BCUT2D eigenvalue weighted by Gasteiger charge is -2.55. The molecule has 168 valence electrons. The van der Waals surface area contributed by atoms with Crippen LogP contribution in [-0.2, 0) is 5.41 Å². The Kier molecular flexibility index (Phi) is 5.00. The van der Waals surface area contributed by atoms with Crippen LogP contribution in [0.5, 0.6) is 0 Å². The van der Waals surface area contributed by atoms with E-state index in [1.165, 1.54) is 5.56 Å². The van der Waals surface area contributed by atoms with Crippen molar-refractivity contribution in [2.75, 3.05) is 39.3 Å². The minimum Gasteiger partial charge on any atom is -0.348 e. The van der Waals surface area contributed by atoms with Gasteiger partial charge in [0.05, 0.1) is 11.3 Å². The first-order chi connectivity index (χ1) is 16.1. The number of hydrogen-bond acceptors (Lipinski definition) is 5. The first kappa shape index (κ1) is 20.5. The summed E-state index contributed by atoms with van der Waals surface area (Å²) in [5.74, 6) is 0.980. The smallest absolute Gasteiger partial charge is 0.255 e. The summed E-state index contributed by atoms with van der Waals surface area (Å²) in [6.45, 7) is 8.10. The van der Waals surface area contributed by atoms with Crippen molar-refractivity contribution in [2.45, 2.75) is 18.4 Å². The molecule has 5 heterocycles. The predicted octanol–water partition coefficient (Wildman–Crippen LogP) is 2.75. The van der Waals surface area contributed by atoms with Gasteiger partial charge < -0.3 is 15.1 Å². The van der Waals surface area contributed by atoms with E-state index in [2.05, 4.69) is 55.4 Å². The van der Waals surface area contributed by atoms with E-state index >= 15 is 0 Å². The number of nitrogens with zero attached hydrogens (tertiary/aromatic N) is 4. The lowest BCUT2D eigenvalue weighted by Crippen LogP contribution is -2.70. The maximum atomic E-state index is 13.8. The van der Waals surface area contributed by atoms with E-state index in [1.807, 2.05) is 37.3 Å². The van der Waals surface area contributed by atoms with E-state index in [9.17, 15) is 4.79 Å². The van der Waals surface area contributed by atoms with Crippen LogP contribution in [-0.4, -0.2) is 71.0 Å². The average Bonchev–Trinajstić information content (AvgIpc) is 3.10. The minimum atomic E-state index is -0.118. The largest absolute Gasteiger partial charge is 0.348 e. The van der Waals surface area contributed by atoms with Crippen molar-refractivity contribution >= 4 is 5.91 Å². The first-order valence-corrected chi connectivity index (χ1v) is 11.8. The molecule has 4 fully saturated rings. The predicted molar refractivity (Wildman–Crippen MR) is 128 cm³/mol. The average molecular weight is 440 g/mol. The summed E-state index contributed by atoms with van der Waals surface area (Å²) in [6, 6.07) is 20.8. The number of fused-ring (bicyclic) bond motifs is 1. The third-order valence-corrected chi connectivity index (χ3v) is 7.63. The van der Waals surface area contributed by atoms with Gasteiger partial charge in [0.2, 0.25) is 0 Å². The second-order valence-corrected chi connectivity index (χ2v) is 9.75. The van der Waals surface area contributed by atoms with Crippen molar-refractivity contribution < 1.29 is 4.79 Å². The molecule has 6 heteroatoms. The van der Waals surface area contributed by atoms with Gasteiger partial charge in [-0.3, -0.25) is 4.79 Å². The molecule has 1 aromatic heterocycles. The summed E-state index contributed by atoms with van der Waals surface area (Å²) in [6.07, 6.45) is 1.69. The van der Waals surface area contributed by atoms with Crippen LogP contribution in [0.3, 0.4) is 0 Å². The first-order valence-electron chi connectivity index (χ1n) is 11.8. The van der Waals surface area contributed by atoms with Gasteiger partial charge in [-0.2, -0.15) is 0 Å². The molecule has 3 aromatic rings. The number of carbonyl (C=O) groups is 1. The van der Waals surface area contributed by atoms with Crippen LogP contribution in [0, 0.1) is 12.8 Å². The van der Waals surface area contributed by atoms with E-state index in [0.717, 1.165) is 44.8 Å². The maximum Gasteiger partial charge on any atom is 0.255 e. The summed E-state index contributed by atoms with van der Waals surface area (Å²) < 4.78 is 0. The highest BCUT2D eigenvalue weighted by Gasteiger charge is 2.55. The maximum absolute atomic E-state index is 13.8. The van der Waals surface area contributed by atoms with Gasteiger partial charge in [0.1, 0.15) is 5.82 Å². The standard InChI is InChI=1S/C27H29N5O/c1-19-28-14-23(24(29-19)20-8-4-2-5-9-20)26(33)30-25-21-15-31-12-13-32(16-21)18-27(25,17-31)22-10-6-3-7-11-22/h2-11,14,21,25H,12-13,15-18H2,1H3,(H,30,33)/t21?,25-,27?/m0/s1. The summed E-state index contributed by atoms with van der Waals surface area (Å²) in [4.78, 5) is 28.0. The minimum absolute atomic E-state index is 0.0722. The molecule has 4 aliphatic rings. The van der Waals surface area contributed by atoms with E-state index in [-0.39, 0.29) is 17.4 Å². The fourth-order valence-corrected chi connectivity index (χ4v) is 6.24. The van der Waals surface area contributed by atoms with Crippen molar-refractivity contribution in [3.8, 4) is 11.3 Å². The van der Waals surface area contributed by atoms with Gasteiger partial charge in [0.15, 0.2) is 0 Å². The zero-order chi connectivity index (χ0) is 22.4. The molecule has 0 spiro atoms. The molecular formula is C27H29N5O. The van der Waals surface area contributed by atoms with Crippen LogP contribution in [0.25, 0.3) is 11.3 Å². The van der Waals surface area contributed by atoms with Gasteiger partial charge in [0, 0.05) is 68.4 Å². The number of aryl methyl sites for hydroxylation is 1. The highest BCUT2D eigenvalue weighted by molar-refractivity contribution is 6.00. The molecule has 3 atom stereocenters. The van der Waals surface area contributed by atoms with Crippen LogP contribution in [0.4, 0.5) is 0 Å². The van der Waals surface area contributed by atoms with Crippen LogP contribution in [0.2, 0.25) is 0 Å². The fourth-order valence-electron chi connectivity index (χ4n) is 6.24. The normalized spacial score (nSPS) is 30.1. The van der Waals surface area contributed by atoms with Gasteiger partial charge in [-0.05, 0) is 12.5 Å². The highest BCUT2D eigenvalue weighted by atomic mass is 16.1. The molecule has 0 saturated carbocycles. The molecule has 2 aromatic carbocycles. The number of benzene rings is 2. The third-order valence-electron chi connectivity index (χ3n) is 7.63. The Morgan fingerprint density at radius 3 is 2.27 bits per heavy atom. The summed E-state index contributed by atoms with van der Waals surface area (Å²) >= 11 is 0. The fraction of sp³-hybridized carbons (Fsp3) is 0.370. The summed E-state index contributed by atoms with van der Waals surface area (Å²) in [7, 11) is 0. The Balaban J connectivity index is 1.39. The Morgan fingerprint density at radius 1 is 0.970 bits per heavy atom. The molecule has 1 amide bonds. The molecule has 7 rings (SSSR count). The molecule has 1 N–H and O–H groups in total. The topological polar surface area (TPSA) is 61.4 Å². The van der Waals surface area contributed by atoms with Crippen LogP contribution in [0.1, 0.15) is 21.7 Å². The lowest BCUT2D eigenvalue weighted by atomic mass is 9.64. The lowest BCUT2D eigenvalue weighted by molar-refractivity contribution is 0.0180. The Morgan fingerprint density at radius 2 is 1.61 bits per heavy atom. The molecule has 4 saturated heterocycles. The van der Waals surface area contributed by atoms with Crippen molar-refractivity contribution in [1.82, 2.24) is 25.1 Å². The molecule has 4 aliphatic heterocycles. The van der Waals surface area contributed by atoms with Crippen LogP contribution >= 0.6 is 0 Å². The Hall–Kier alpha value is -3.09. The third kappa shape index (κ3) is 3.54. The number of amides is 1. The number of piperidine rings is 2. The van der Waals surface area contributed by atoms with Crippen molar-refractivity contribution in [2.24, 2.45) is 5.92 Å². The van der Waals surface area contributed by atoms with E-state index in [0.29, 0.717) is 23.0 Å². The van der Waals surface area contributed by atoms with Crippen molar-refractivity contribution in [3.05, 3.63) is 83.8 Å². The van der Waals surface area contributed by atoms with Crippen LogP contribution in [0.15, 0.2) is 66.9 Å². The molecule has 0 radical (unpaired) electrons. The summed E-state index contributed by atoms with van der Waals surface area (Å²) in [5.41, 5.74) is 3.38. The molecular weight excluding hydrogens is 410 g/mol. The quantitative estimate of drug-likeness (QED) is 0.677. The van der Waals surface area contributed by atoms with E-state index in [1.54, 1.807) is 6.20 Å². The van der Waals surface area contributed by atoms with Gasteiger partial charge in [-0.15, -0.1) is 0 Å². The van der Waals surface area contributed by atoms with Crippen molar-refractivity contribution in [3.63, 3.8) is 0 Å². The number of aromatic nitrogens is 2. The van der Waals surface area contributed by atoms with Crippen LogP contribution < -0.4 is 5.32 Å². The molecule has 33 heavy (non-hydrogen) atoms. The molecule has 6 nitrogen and oxygen atoms in total. The summed E-state index contributed by atoms with van der Waals surface area (Å²) in [5, 5.41) is 3.50. The van der Waals surface area contributed by atoms with Crippen molar-refractivity contribution in [1.29, 1.82) is 0 Å². The van der Waals surface area contributed by atoms with Gasteiger partial charge >= 0.3 is 0 Å². The zero-order valence-electron chi connectivity index (χ0n) is 18.9. The highest BCUT2D eigenvalue weighted by Crippen LogP contribution is 2.43. The Labute approximate surface area is 194 Å².